The van der Waals surface area contributed by atoms with E-state index in [9.17, 15) is 23.9 Å². The molecule has 8 heteroatoms. The molecule has 0 aliphatic rings. The van der Waals surface area contributed by atoms with Crippen molar-refractivity contribution in [3.8, 4) is 0 Å². The molecule has 0 aromatic rings. The minimum atomic E-state index is -4.66. The minimum absolute atomic E-state index is 0.00262. The molecule has 0 aliphatic carbocycles. The van der Waals surface area contributed by atoms with Crippen LogP contribution in [-0.2, 0) is 9.08 Å². The Morgan fingerprint density at radius 3 is 1.93 bits per heavy atom. The van der Waals surface area contributed by atoms with Gasteiger partial charge in [0.15, 0.2) is 0 Å². The third-order valence-electron chi connectivity index (χ3n) is 4.68. The van der Waals surface area contributed by atoms with Crippen molar-refractivity contribution in [2.75, 3.05) is 0 Å². The van der Waals surface area contributed by atoms with Crippen molar-refractivity contribution >= 4 is 5.78 Å². The molecule has 0 aliphatic heterocycles. The van der Waals surface area contributed by atoms with Crippen molar-refractivity contribution in [2.45, 2.75) is 116 Å². The van der Waals surface area contributed by atoms with Gasteiger partial charge in [0.25, 0.3) is 0 Å². The first-order valence-electron chi connectivity index (χ1n) is 10.1. The maximum absolute atomic E-state index is 12.1. The molecule has 0 fully saturated rings. The second-order valence-electron chi connectivity index (χ2n) is 7.84. The van der Waals surface area contributed by atoms with E-state index < -0.39 is 28.0 Å². The Morgan fingerprint density at radius 1 is 1.00 bits per heavy atom. The second-order valence-corrected chi connectivity index (χ2v) is 8.77. The summed E-state index contributed by atoms with van der Waals surface area (Å²) in [6, 6.07) is -0.751. The van der Waals surface area contributed by atoms with E-state index in [1.54, 1.807) is 0 Å². The zero-order valence-electron chi connectivity index (χ0n) is 17.1. The first kappa shape index (κ1) is 26.7. The van der Waals surface area contributed by atoms with E-state index >= 15 is 0 Å². The molecule has 0 aromatic heterocycles. The number of hydrogen-bond acceptors (Lipinski definition) is 7. The number of carbonyl (C=O) groups excluding carboxylic acids is 1. The SMILES string of the molecule is CCCCCCCCCCCC(=O)C(N)CCC(O[Cl+3]([O-])([O-])[O-])C(C)(C)O. The van der Waals surface area contributed by atoms with Gasteiger partial charge in [0.1, 0.15) is 11.4 Å². The highest BCUT2D eigenvalue weighted by atomic mass is 35.7. The van der Waals surface area contributed by atoms with Crippen LogP contribution in [0, 0.1) is 10.2 Å². The summed E-state index contributed by atoms with van der Waals surface area (Å²) in [6.45, 7) is 4.88. The third kappa shape index (κ3) is 15.3. The van der Waals surface area contributed by atoms with Gasteiger partial charge in [-0.15, -0.1) is 0 Å². The lowest BCUT2D eigenvalue weighted by atomic mass is 9.94. The maximum atomic E-state index is 12.1. The highest BCUT2D eigenvalue weighted by Crippen LogP contribution is 2.21. The van der Waals surface area contributed by atoms with Crippen LogP contribution in [0.25, 0.3) is 0 Å². The molecule has 0 heterocycles. The summed E-state index contributed by atoms with van der Waals surface area (Å²) >= 11 is 0. The highest BCUT2D eigenvalue weighted by Gasteiger charge is 2.40. The molecule has 0 aromatic carbocycles. The summed E-state index contributed by atoms with van der Waals surface area (Å²) in [5, 5.41) is 9.93. The summed E-state index contributed by atoms with van der Waals surface area (Å²) in [7, 11) is -4.66. The fourth-order valence-electron chi connectivity index (χ4n) is 2.93. The lowest BCUT2D eigenvalue weighted by Crippen LogP contribution is -2.64. The molecular weight excluding hydrogens is 374 g/mol. The van der Waals surface area contributed by atoms with Crippen LogP contribution in [-0.4, -0.2) is 28.6 Å². The van der Waals surface area contributed by atoms with Gasteiger partial charge in [-0.25, -0.2) is 0 Å². The van der Waals surface area contributed by atoms with Gasteiger partial charge in [-0.1, -0.05) is 58.3 Å². The van der Waals surface area contributed by atoms with Gasteiger partial charge in [0, 0.05) is 6.42 Å². The van der Waals surface area contributed by atoms with Crippen LogP contribution in [0.3, 0.4) is 0 Å². The maximum Gasteiger partial charge on any atom is 0.241 e. The summed E-state index contributed by atoms with van der Waals surface area (Å²) in [5.41, 5.74) is 4.33. The zero-order chi connectivity index (χ0) is 20.9. The van der Waals surface area contributed by atoms with E-state index in [2.05, 4.69) is 11.2 Å². The Labute approximate surface area is 166 Å². The van der Waals surface area contributed by atoms with Crippen LogP contribution in [0.5, 0.6) is 0 Å². The van der Waals surface area contributed by atoms with Crippen LogP contribution >= 0.6 is 0 Å². The standard InChI is InChI=1S/C19H38ClNO6/c1-4-5-6-7-8-9-10-11-12-13-17(22)16(21)14-15-18(19(2,3)23)27-20(24,25)26/h16,18,23H,4-15,21H2,1-3H3. The second kappa shape index (κ2) is 13.8. The molecule has 0 rings (SSSR count). The number of halogens is 1. The molecule has 3 N–H and O–H groups in total. The topological polar surface area (TPSA) is 142 Å². The van der Waals surface area contributed by atoms with Gasteiger partial charge < -0.3 is 10.8 Å². The smallest absolute Gasteiger partial charge is 0.241 e. The first-order valence-corrected chi connectivity index (χ1v) is 11.3. The number of carbonyl (C=O) groups is 1. The zero-order valence-corrected chi connectivity index (χ0v) is 17.8. The fourth-order valence-corrected chi connectivity index (χ4v) is 3.50. The van der Waals surface area contributed by atoms with Crippen LogP contribution in [0.15, 0.2) is 0 Å². The van der Waals surface area contributed by atoms with Crippen LogP contribution < -0.4 is 19.7 Å². The van der Waals surface area contributed by atoms with Crippen molar-refractivity contribution in [2.24, 2.45) is 5.73 Å². The summed E-state index contributed by atoms with van der Waals surface area (Å²) < 4.78 is 36.6. The van der Waals surface area contributed by atoms with Crippen molar-refractivity contribution in [3.05, 3.63) is 0 Å². The molecular formula is C19H38ClNO6. The Kier molecular flexibility index (Phi) is 13.7. The molecule has 0 amide bonds. The average Bonchev–Trinajstić information content (AvgIpc) is 2.54. The Balaban J connectivity index is 3.99. The minimum Gasteiger partial charge on any atom is -0.387 e. The van der Waals surface area contributed by atoms with E-state index in [1.165, 1.54) is 52.4 Å². The molecule has 0 saturated carbocycles. The molecule has 0 spiro atoms. The Bertz CT molecular complexity index is 395. The van der Waals surface area contributed by atoms with Crippen LogP contribution in [0.4, 0.5) is 0 Å². The van der Waals surface area contributed by atoms with Gasteiger partial charge in [-0.2, -0.15) is 14.0 Å². The van der Waals surface area contributed by atoms with Crippen molar-refractivity contribution in [1.82, 2.24) is 0 Å². The Morgan fingerprint density at radius 2 is 1.48 bits per heavy atom. The summed E-state index contributed by atoms with van der Waals surface area (Å²) in [6.07, 6.45) is 9.76. The quantitative estimate of drug-likeness (QED) is 0.334. The number of nitrogens with two attached hydrogens (primary N) is 1. The van der Waals surface area contributed by atoms with Crippen molar-refractivity contribution in [3.63, 3.8) is 0 Å². The van der Waals surface area contributed by atoms with Gasteiger partial charge in [-0.05, 0) is 33.1 Å². The lowest BCUT2D eigenvalue weighted by molar-refractivity contribution is -1.92. The molecule has 2 unspecified atom stereocenters. The molecule has 2 atom stereocenters. The van der Waals surface area contributed by atoms with Gasteiger partial charge in [0.05, 0.1) is 20.6 Å². The predicted molar refractivity (Wildman–Crippen MR) is 95.2 cm³/mol. The largest absolute Gasteiger partial charge is 0.387 e. The molecule has 162 valence electrons. The van der Waals surface area contributed by atoms with Gasteiger partial charge in [0.2, 0.25) is 6.10 Å². The van der Waals surface area contributed by atoms with E-state index in [1.807, 2.05) is 0 Å². The van der Waals surface area contributed by atoms with Crippen LogP contribution in [0.2, 0.25) is 0 Å². The normalized spacial score (nSPS) is 15.0. The number of hydrogen-bond donors (Lipinski definition) is 2. The summed E-state index contributed by atoms with van der Waals surface area (Å²) in [5.74, 6) is -0.0880. The molecule has 0 bridgehead atoms. The first-order chi connectivity index (χ1) is 12.5. The van der Waals surface area contributed by atoms with Crippen LogP contribution in [0.1, 0.15) is 97.8 Å². The van der Waals surface area contributed by atoms with Crippen molar-refractivity contribution in [1.29, 1.82) is 0 Å². The molecule has 27 heavy (non-hydrogen) atoms. The third-order valence-corrected chi connectivity index (χ3v) is 5.12. The molecule has 0 radical (unpaired) electrons. The summed E-state index contributed by atoms with van der Waals surface area (Å²) in [4.78, 5) is 12.1. The Hall–Kier alpha value is -0.280. The molecule has 0 saturated heterocycles. The van der Waals surface area contributed by atoms with E-state index in [0.717, 1.165) is 19.3 Å². The molecule has 7 nitrogen and oxygen atoms in total. The predicted octanol–water partition coefficient (Wildman–Crippen LogP) is 0.637. The van der Waals surface area contributed by atoms with E-state index in [-0.39, 0.29) is 18.6 Å². The number of aliphatic hydroxyl groups is 1. The lowest BCUT2D eigenvalue weighted by Gasteiger charge is -2.27. The highest BCUT2D eigenvalue weighted by molar-refractivity contribution is 5.83. The number of unbranched alkanes of at least 4 members (excludes halogenated alkanes) is 8. The fraction of sp³-hybridized carbons (Fsp3) is 0.947. The number of rotatable bonds is 17. The van der Waals surface area contributed by atoms with Gasteiger partial charge in [-0.3, -0.25) is 4.79 Å². The van der Waals surface area contributed by atoms with Crippen molar-refractivity contribution < 1.29 is 38.4 Å². The average molecular weight is 412 g/mol. The van der Waals surface area contributed by atoms with E-state index in [0.29, 0.717) is 6.42 Å². The monoisotopic (exact) mass is 411 g/mol. The number of Topliss-reactive ketones (excluding diaryl/α,β-unsaturated/α-hetero) is 1. The van der Waals surface area contributed by atoms with Gasteiger partial charge >= 0.3 is 0 Å². The van der Waals surface area contributed by atoms with E-state index in [4.69, 9.17) is 5.73 Å². The number of ketones is 1.